The molecule has 1 aliphatic carbocycles. The molecule has 1 aromatic carbocycles. The van der Waals surface area contributed by atoms with E-state index in [1.807, 2.05) is 0 Å². The van der Waals surface area contributed by atoms with Crippen molar-refractivity contribution in [2.24, 2.45) is 5.92 Å². The smallest absolute Gasteiger partial charge is 0.144 e. The van der Waals surface area contributed by atoms with Crippen LogP contribution in [0.3, 0.4) is 0 Å². The van der Waals surface area contributed by atoms with Crippen LogP contribution in [0.1, 0.15) is 120 Å². The lowest BCUT2D eigenvalue weighted by atomic mass is 9.77. The van der Waals surface area contributed by atoms with Gasteiger partial charge >= 0.3 is 0 Å². The van der Waals surface area contributed by atoms with Crippen LogP contribution in [0.4, 0.5) is 0 Å². The van der Waals surface area contributed by atoms with Crippen LogP contribution in [0.25, 0.3) is 11.3 Å². The van der Waals surface area contributed by atoms with Gasteiger partial charge in [0.25, 0.3) is 0 Å². The van der Waals surface area contributed by atoms with Crippen molar-refractivity contribution in [1.29, 1.82) is 5.26 Å². The molecule has 2 nitrogen and oxygen atoms in total. The van der Waals surface area contributed by atoms with E-state index in [1.165, 1.54) is 82.6 Å². The summed E-state index contributed by atoms with van der Waals surface area (Å²) in [7, 11) is 0. The minimum atomic E-state index is 0.600. The predicted molar refractivity (Wildman–Crippen MR) is 136 cm³/mol. The Morgan fingerprint density at radius 2 is 1.50 bits per heavy atom. The largest absolute Gasteiger partial charge is 0.237 e. The first kappa shape index (κ1) is 24.5. The fourth-order valence-corrected chi connectivity index (χ4v) is 5.26. The summed E-state index contributed by atoms with van der Waals surface area (Å²) >= 11 is 0. The topological polar surface area (TPSA) is 36.7 Å². The summed E-state index contributed by atoms with van der Waals surface area (Å²) in [6.45, 7) is 4.53. The lowest BCUT2D eigenvalue weighted by molar-refractivity contribution is 0.303. The molecule has 1 aromatic heterocycles. The van der Waals surface area contributed by atoms with Gasteiger partial charge < -0.3 is 0 Å². The van der Waals surface area contributed by atoms with Crippen LogP contribution in [-0.4, -0.2) is 4.98 Å². The quantitative estimate of drug-likeness (QED) is 0.315. The van der Waals surface area contributed by atoms with E-state index in [0.29, 0.717) is 11.6 Å². The van der Waals surface area contributed by atoms with Crippen LogP contribution in [0.15, 0.2) is 36.4 Å². The van der Waals surface area contributed by atoms with Crippen LogP contribution in [0.2, 0.25) is 0 Å². The number of aromatic nitrogens is 1. The molecule has 1 aliphatic rings. The second-order valence-electron chi connectivity index (χ2n) is 9.82. The van der Waals surface area contributed by atoms with E-state index in [4.69, 9.17) is 4.98 Å². The van der Waals surface area contributed by atoms with E-state index in [1.54, 1.807) is 0 Å². The number of nitriles is 1. The van der Waals surface area contributed by atoms with Crippen LogP contribution in [-0.2, 0) is 6.42 Å². The summed E-state index contributed by atoms with van der Waals surface area (Å²) in [5, 5.41) is 9.62. The molecule has 1 heterocycles. The highest BCUT2D eigenvalue weighted by molar-refractivity contribution is 5.61. The van der Waals surface area contributed by atoms with Crippen molar-refractivity contribution < 1.29 is 0 Å². The monoisotopic (exact) mass is 430 g/mol. The molecule has 2 heteroatoms. The van der Waals surface area contributed by atoms with Gasteiger partial charge in [-0.15, -0.1) is 0 Å². The number of hydrogen-bond acceptors (Lipinski definition) is 2. The molecule has 1 fully saturated rings. The summed E-state index contributed by atoms with van der Waals surface area (Å²) in [4.78, 5) is 4.70. The first-order chi connectivity index (χ1) is 15.7. The molecule has 0 spiro atoms. The summed E-state index contributed by atoms with van der Waals surface area (Å²) in [6.07, 6.45) is 18.2. The third kappa shape index (κ3) is 7.19. The Hall–Kier alpha value is -2.14. The van der Waals surface area contributed by atoms with Gasteiger partial charge in [0.05, 0.1) is 5.69 Å². The summed E-state index contributed by atoms with van der Waals surface area (Å²) in [5.41, 5.74) is 5.21. The maximum absolute atomic E-state index is 9.62. The van der Waals surface area contributed by atoms with Crippen molar-refractivity contribution in [3.05, 3.63) is 53.2 Å². The number of nitrogens with zero attached hydrogens (tertiary/aromatic N) is 2. The fraction of sp³-hybridized carbons (Fsp3) is 0.600. The van der Waals surface area contributed by atoms with Crippen LogP contribution < -0.4 is 0 Å². The Balaban J connectivity index is 1.56. The number of benzene rings is 1. The molecule has 172 valence electrons. The Morgan fingerprint density at radius 1 is 0.812 bits per heavy atom. The van der Waals surface area contributed by atoms with Gasteiger partial charge in [0.2, 0.25) is 0 Å². The summed E-state index contributed by atoms with van der Waals surface area (Å²) < 4.78 is 0. The lowest BCUT2D eigenvalue weighted by Crippen LogP contribution is -2.13. The van der Waals surface area contributed by atoms with Crippen molar-refractivity contribution in [2.45, 2.75) is 110 Å². The lowest BCUT2D eigenvalue weighted by Gasteiger charge is -2.29. The van der Waals surface area contributed by atoms with Crippen LogP contribution in [0, 0.1) is 17.2 Å². The molecule has 2 aromatic rings. The van der Waals surface area contributed by atoms with Gasteiger partial charge in [-0.3, -0.25) is 0 Å². The zero-order valence-electron chi connectivity index (χ0n) is 20.4. The van der Waals surface area contributed by atoms with Crippen molar-refractivity contribution in [1.82, 2.24) is 4.98 Å². The second-order valence-corrected chi connectivity index (χ2v) is 9.82. The predicted octanol–water partition coefficient (Wildman–Crippen LogP) is 8.99. The van der Waals surface area contributed by atoms with Gasteiger partial charge in [-0.25, -0.2) is 4.98 Å². The standard InChI is InChI=1S/C30H42N2/c1-3-5-7-8-10-12-27-21-22-29(32-30(27)23-31)28-19-17-26(18-20-28)25-15-13-24(14-16-25)11-9-6-4-2/h17-22,24-25H,3-16H2,1-2H3. The normalized spacial score (nSPS) is 18.4. The molecular weight excluding hydrogens is 388 g/mol. The maximum atomic E-state index is 9.62. The molecule has 1 saturated carbocycles. The van der Waals surface area contributed by atoms with E-state index in [2.05, 4.69) is 56.3 Å². The zero-order chi connectivity index (χ0) is 22.6. The minimum Gasteiger partial charge on any atom is -0.237 e. The molecule has 0 atom stereocenters. The van der Waals surface area contributed by atoms with Crippen LogP contribution in [0.5, 0.6) is 0 Å². The molecule has 0 amide bonds. The van der Waals surface area contributed by atoms with Gasteiger partial charge in [0.1, 0.15) is 11.8 Å². The third-order valence-electron chi connectivity index (χ3n) is 7.37. The van der Waals surface area contributed by atoms with E-state index >= 15 is 0 Å². The fourth-order valence-electron chi connectivity index (χ4n) is 5.26. The van der Waals surface area contributed by atoms with Gasteiger partial charge in [-0.1, -0.05) is 95.5 Å². The number of aryl methyl sites for hydroxylation is 1. The molecule has 3 rings (SSSR count). The number of hydrogen-bond donors (Lipinski definition) is 0. The van der Waals surface area contributed by atoms with E-state index in [-0.39, 0.29) is 0 Å². The van der Waals surface area contributed by atoms with Crippen molar-refractivity contribution in [3.8, 4) is 17.3 Å². The average Bonchev–Trinajstić information content (AvgIpc) is 2.85. The summed E-state index contributed by atoms with van der Waals surface area (Å²) in [5.74, 6) is 1.67. The average molecular weight is 431 g/mol. The highest BCUT2D eigenvalue weighted by atomic mass is 14.7. The summed E-state index contributed by atoms with van der Waals surface area (Å²) in [6, 6.07) is 15.6. The van der Waals surface area contributed by atoms with E-state index in [0.717, 1.165) is 35.6 Å². The Labute approximate surface area is 196 Å². The van der Waals surface area contributed by atoms with Gasteiger partial charge in [-0.05, 0) is 67.6 Å². The Morgan fingerprint density at radius 3 is 2.19 bits per heavy atom. The first-order valence-electron chi connectivity index (χ1n) is 13.3. The molecular formula is C30H42N2. The molecule has 0 saturated heterocycles. The van der Waals surface area contributed by atoms with Crippen molar-refractivity contribution in [2.75, 3.05) is 0 Å². The zero-order valence-corrected chi connectivity index (χ0v) is 20.4. The van der Waals surface area contributed by atoms with Gasteiger partial charge in [-0.2, -0.15) is 5.26 Å². The van der Waals surface area contributed by atoms with Crippen molar-refractivity contribution >= 4 is 0 Å². The SMILES string of the molecule is CCCCCCCc1ccc(-c2ccc(C3CCC(CCCCC)CC3)cc2)nc1C#N. The van der Waals surface area contributed by atoms with Gasteiger partial charge in [0, 0.05) is 5.56 Å². The highest BCUT2D eigenvalue weighted by Gasteiger charge is 2.22. The van der Waals surface area contributed by atoms with Crippen molar-refractivity contribution in [3.63, 3.8) is 0 Å². The van der Waals surface area contributed by atoms with E-state index in [9.17, 15) is 5.26 Å². The molecule has 0 unspecified atom stereocenters. The number of rotatable bonds is 12. The molecule has 0 aliphatic heterocycles. The number of pyridine rings is 1. The second kappa shape index (κ2) is 13.4. The maximum Gasteiger partial charge on any atom is 0.144 e. The first-order valence-corrected chi connectivity index (χ1v) is 13.3. The molecule has 0 bridgehead atoms. The van der Waals surface area contributed by atoms with Gasteiger partial charge in [0.15, 0.2) is 0 Å². The third-order valence-corrected chi connectivity index (χ3v) is 7.37. The van der Waals surface area contributed by atoms with Crippen LogP contribution >= 0.6 is 0 Å². The van der Waals surface area contributed by atoms with E-state index < -0.39 is 0 Å². The Kier molecular flexibility index (Phi) is 10.3. The highest BCUT2D eigenvalue weighted by Crippen LogP contribution is 2.38. The minimum absolute atomic E-state index is 0.600. The Bertz CT molecular complexity index is 838. The molecule has 0 N–H and O–H groups in total. The molecule has 0 radical (unpaired) electrons. The number of unbranched alkanes of at least 4 members (excludes halogenated alkanes) is 6. The molecule has 32 heavy (non-hydrogen) atoms.